The van der Waals surface area contributed by atoms with Crippen LogP contribution in [0.3, 0.4) is 0 Å². The first kappa shape index (κ1) is 12.6. The molecule has 0 amide bonds. The van der Waals surface area contributed by atoms with Crippen molar-refractivity contribution in [3.8, 4) is 0 Å². The van der Waals surface area contributed by atoms with Crippen molar-refractivity contribution >= 4 is 11.9 Å². The minimum absolute atomic E-state index is 0.283. The van der Waals surface area contributed by atoms with Crippen molar-refractivity contribution < 1.29 is 24.2 Å². The molecule has 20 heavy (non-hydrogen) atoms. The molecule has 4 saturated carbocycles. The lowest BCUT2D eigenvalue weighted by molar-refractivity contribution is -0.200. The Kier molecular flexibility index (Phi) is 2.50. The molecule has 1 aliphatic heterocycles. The highest BCUT2D eigenvalue weighted by Crippen LogP contribution is 2.62. The molecule has 1 N–H and O–H groups in total. The van der Waals surface area contributed by atoms with E-state index in [4.69, 9.17) is 9.47 Å². The number of carbonyl (C=O) groups is 2. The predicted octanol–water partition coefficient (Wildman–Crippen LogP) is 1.18. The Balaban J connectivity index is 1.55. The molecule has 0 aromatic rings. The summed E-state index contributed by atoms with van der Waals surface area (Å²) in [6.45, 7) is 0.332. The van der Waals surface area contributed by atoms with Crippen LogP contribution in [0.4, 0.5) is 0 Å². The molecule has 0 aromatic carbocycles. The van der Waals surface area contributed by atoms with E-state index < -0.39 is 23.1 Å². The van der Waals surface area contributed by atoms with Crippen molar-refractivity contribution in [2.24, 2.45) is 17.3 Å². The van der Waals surface area contributed by atoms with Crippen LogP contribution in [0, 0.1) is 17.3 Å². The van der Waals surface area contributed by atoms with Gasteiger partial charge in [0.1, 0.15) is 0 Å². The standard InChI is InChI=1S/C15H20O5/c16-12-11(1-2-19-12)20-13(17)14-4-9-3-10(5-14)7-15(18,6-9)8-14/h9-11,18H,1-8H2/t9-,10-,11-,14?,15?/m1/s1. The summed E-state index contributed by atoms with van der Waals surface area (Å²) in [6, 6.07) is 0. The fraction of sp³-hybridized carbons (Fsp3) is 0.867. The quantitative estimate of drug-likeness (QED) is 0.769. The third-order valence-electron chi connectivity index (χ3n) is 5.60. The smallest absolute Gasteiger partial charge is 0.347 e. The summed E-state index contributed by atoms with van der Waals surface area (Å²) >= 11 is 0. The number of aliphatic hydroxyl groups is 1. The Hall–Kier alpha value is -1.10. The van der Waals surface area contributed by atoms with E-state index in [1.807, 2.05) is 0 Å². The molecule has 0 unspecified atom stereocenters. The maximum Gasteiger partial charge on any atom is 0.347 e. The van der Waals surface area contributed by atoms with Crippen LogP contribution < -0.4 is 0 Å². The minimum atomic E-state index is -0.731. The van der Waals surface area contributed by atoms with Gasteiger partial charge in [0.05, 0.1) is 17.6 Å². The lowest BCUT2D eigenvalue weighted by atomic mass is 9.48. The van der Waals surface area contributed by atoms with E-state index in [2.05, 4.69) is 0 Å². The highest BCUT2D eigenvalue weighted by atomic mass is 16.6. The maximum absolute atomic E-state index is 12.6. The number of carbonyl (C=O) groups excluding carboxylic acids is 2. The second-order valence-corrected chi connectivity index (χ2v) is 7.32. The zero-order valence-corrected chi connectivity index (χ0v) is 11.5. The molecule has 3 atom stereocenters. The van der Waals surface area contributed by atoms with Gasteiger partial charge in [-0.3, -0.25) is 4.79 Å². The first-order valence-corrected chi connectivity index (χ1v) is 7.58. The van der Waals surface area contributed by atoms with E-state index in [1.165, 1.54) is 0 Å². The van der Waals surface area contributed by atoms with Crippen LogP contribution in [0.15, 0.2) is 0 Å². The fourth-order valence-corrected chi connectivity index (χ4v) is 5.29. The van der Waals surface area contributed by atoms with Crippen LogP contribution in [0.1, 0.15) is 44.9 Å². The normalized spacial score (nSPS) is 49.2. The van der Waals surface area contributed by atoms with E-state index in [9.17, 15) is 14.7 Å². The molecule has 0 radical (unpaired) electrons. The zero-order valence-electron chi connectivity index (χ0n) is 11.5. The van der Waals surface area contributed by atoms with Gasteiger partial charge in [0, 0.05) is 6.42 Å². The Bertz CT molecular complexity index is 457. The minimum Gasteiger partial charge on any atom is -0.463 e. The summed E-state index contributed by atoms with van der Waals surface area (Å²) in [6.07, 6.45) is 4.63. The zero-order chi connectivity index (χ0) is 14.0. The SMILES string of the molecule is O=C1OCC[C@H]1OC(=O)C12C[C@H]3C[C@@H](CC(O)(C3)C1)C2. The van der Waals surface area contributed by atoms with Gasteiger partial charge in [-0.1, -0.05) is 0 Å². The molecular weight excluding hydrogens is 260 g/mol. The van der Waals surface area contributed by atoms with E-state index in [0.29, 0.717) is 31.3 Å². The van der Waals surface area contributed by atoms with Crippen molar-refractivity contribution in [2.45, 2.75) is 56.7 Å². The maximum atomic E-state index is 12.6. The van der Waals surface area contributed by atoms with Crippen molar-refractivity contribution in [2.75, 3.05) is 6.61 Å². The second-order valence-electron chi connectivity index (χ2n) is 7.32. The largest absolute Gasteiger partial charge is 0.463 e. The van der Waals surface area contributed by atoms with E-state index >= 15 is 0 Å². The van der Waals surface area contributed by atoms with Crippen LogP contribution in [0.5, 0.6) is 0 Å². The number of hydrogen-bond donors (Lipinski definition) is 1. The predicted molar refractivity (Wildman–Crippen MR) is 67.5 cm³/mol. The van der Waals surface area contributed by atoms with E-state index in [1.54, 1.807) is 0 Å². The molecule has 5 aliphatic rings. The monoisotopic (exact) mass is 280 g/mol. The Labute approximate surface area is 117 Å². The van der Waals surface area contributed by atoms with Crippen molar-refractivity contribution in [1.29, 1.82) is 0 Å². The van der Waals surface area contributed by atoms with Gasteiger partial charge < -0.3 is 14.6 Å². The highest BCUT2D eigenvalue weighted by molar-refractivity contribution is 5.83. The van der Waals surface area contributed by atoms with Gasteiger partial charge in [0.2, 0.25) is 6.10 Å². The van der Waals surface area contributed by atoms with Gasteiger partial charge in [-0.05, 0) is 50.4 Å². The van der Waals surface area contributed by atoms with Gasteiger partial charge in [0.15, 0.2) is 0 Å². The van der Waals surface area contributed by atoms with Crippen molar-refractivity contribution in [3.05, 3.63) is 0 Å². The first-order valence-electron chi connectivity index (χ1n) is 7.58. The topological polar surface area (TPSA) is 72.8 Å². The molecule has 5 nitrogen and oxygen atoms in total. The molecule has 4 aliphatic carbocycles. The molecule has 1 heterocycles. The molecule has 110 valence electrons. The highest BCUT2D eigenvalue weighted by Gasteiger charge is 2.61. The van der Waals surface area contributed by atoms with Gasteiger partial charge in [-0.15, -0.1) is 0 Å². The Morgan fingerprint density at radius 3 is 2.50 bits per heavy atom. The molecular formula is C15H20O5. The van der Waals surface area contributed by atoms with Gasteiger partial charge in [-0.25, -0.2) is 4.79 Å². The Morgan fingerprint density at radius 1 is 1.25 bits per heavy atom. The average molecular weight is 280 g/mol. The van der Waals surface area contributed by atoms with Crippen LogP contribution in [-0.2, 0) is 19.1 Å². The number of ether oxygens (including phenoxy) is 2. The Morgan fingerprint density at radius 2 is 1.95 bits per heavy atom. The summed E-state index contributed by atoms with van der Waals surface area (Å²) in [5.74, 6) is 0.157. The summed E-state index contributed by atoms with van der Waals surface area (Å²) < 4.78 is 10.3. The van der Waals surface area contributed by atoms with Crippen LogP contribution in [0.2, 0.25) is 0 Å². The lowest BCUT2D eigenvalue weighted by Gasteiger charge is -2.58. The lowest BCUT2D eigenvalue weighted by Crippen LogP contribution is -2.58. The van der Waals surface area contributed by atoms with Crippen LogP contribution >= 0.6 is 0 Å². The fourth-order valence-electron chi connectivity index (χ4n) is 5.29. The van der Waals surface area contributed by atoms with Crippen molar-refractivity contribution in [3.63, 3.8) is 0 Å². The van der Waals surface area contributed by atoms with Gasteiger partial charge in [-0.2, -0.15) is 0 Å². The third kappa shape index (κ3) is 1.79. The van der Waals surface area contributed by atoms with Gasteiger partial charge >= 0.3 is 11.9 Å². The number of hydrogen-bond acceptors (Lipinski definition) is 5. The average Bonchev–Trinajstić information content (AvgIpc) is 2.71. The second kappa shape index (κ2) is 3.97. The summed E-state index contributed by atoms with van der Waals surface area (Å²) in [7, 11) is 0. The molecule has 5 rings (SSSR count). The van der Waals surface area contributed by atoms with Crippen molar-refractivity contribution in [1.82, 2.24) is 0 Å². The molecule has 5 heteroatoms. The van der Waals surface area contributed by atoms with E-state index in [-0.39, 0.29) is 5.97 Å². The third-order valence-corrected chi connectivity index (χ3v) is 5.60. The molecule has 1 saturated heterocycles. The number of esters is 2. The van der Waals surface area contributed by atoms with Crippen LogP contribution in [0.25, 0.3) is 0 Å². The molecule has 0 spiro atoms. The van der Waals surface area contributed by atoms with Crippen LogP contribution in [-0.4, -0.2) is 35.4 Å². The number of rotatable bonds is 2. The summed E-state index contributed by atoms with van der Waals surface area (Å²) in [5, 5.41) is 10.6. The molecule has 0 aromatic heterocycles. The van der Waals surface area contributed by atoms with E-state index in [0.717, 1.165) is 32.1 Å². The van der Waals surface area contributed by atoms with Gasteiger partial charge in [0.25, 0.3) is 0 Å². The summed E-state index contributed by atoms with van der Waals surface area (Å²) in [4.78, 5) is 24.1. The first-order chi connectivity index (χ1) is 9.48. The number of cyclic esters (lactones) is 1. The molecule has 5 fully saturated rings. The summed E-state index contributed by atoms with van der Waals surface area (Å²) in [5.41, 5.74) is -1.24. The molecule has 4 bridgehead atoms.